The molecule has 1 aromatic carbocycles. The molecule has 0 aliphatic heterocycles. The first kappa shape index (κ1) is 18.9. The van der Waals surface area contributed by atoms with E-state index >= 15 is 0 Å². The average molecular weight is 418 g/mol. The Hall–Kier alpha value is -2.43. The smallest absolute Gasteiger partial charge is 0.263 e. The molecule has 1 N–H and O–H groups in total. The Bertz CT molecular complexity index is 877. The van der Waals surface area contributed by atoms with E-state index < -0.39 is 0 Å². The molecular formula is C18H16BrN3O2S. The monoisotopic (exact) mass is 417 g/mol. The Balaban J connectivity index is 2.20. The second-order valence-corrected chi connectivity index (χ2v) is 7.38. The van der Waals surface area contributed by atoms with Crippen LogP contribution in [-0.4, -0.2) is 30.8 Å². The van der Waals surface area contributed by atoms with E-state index in [2.05, 4.69) is 27.3 Å². The predicted octanol–water partition coefficient (Wildman–Crippen LogP) is 4.04. The summed E-state index contributed by atoms with van der Waals surface area (Å²) in [6.45, 7) is 1.71. The molecule has 2 rings (SSSR count). The molecule has 0 aliphatic carbocycles. The molecule has 7 heteroatoms. The highest BCUT2D eigenvalue weighted by Crippen LogP contribution is 2.33. The SMILES string of the molecule is Cc1c(C(=O)N(C)C)sc(NC(=O)/C=C\c2ccc(Br)cc2)c1C#N. The molecule has 25 heavy (non-hydrogen) atoms. The number of nitriles is 1. The fourth-order valence-electron chi connectivity index (χ4n) is 2.04. The predicted molar refractivity (Wildman–Crippen MR) is 104 cm³/mol. The van der Waals surface area contributed by atoms with Crippen LogP contribution in [0.2, 0.25) is 0 Å². The van der Waals surface area contributed by atoms with Crippen molar-refractivity contribution >= 4 is 50.2 Å². The quantitative estimate of drug-likeness (QED) is 0.762. The molecule has 0 atom stereocenters. The Morgan fingerprint density at radius 2 is 1.92 bits per heavy atom. The highest BCUT2D eigenvalue weighted by atomic mass is 79.9. The third-order valence-electron chi connectivity index (χ3n) is 3.39. The van der Waals surface area contributed by atoms with Gasteiger partial charge in [-0.25, -0.2) is 0 Å². The Morgan fingerprint density at radius 1 is 1.28 bits per heavy atom. The van der Waals surface area contributed by atoms with Crippen molar-refractivity contribution < 1.29 is 9.59 Å². The van der Waals surface area contributed by atoms with Crippen LogP contribution >= 0.6 is 27.3 Å². The average Bonchev–Trinajstić information content (AvgIpc) is 2.88. The molecule has 0 unspecified atom stereocenters. The van der Waals surface area contributed by atoms with E-state index in [4.69, 9.17) is 0 Å². The summed E-state index contributed by atoms with van der Waals surface area (Å²) in [6.07, 6.45) is 3.08. The van der Waals surface area contributed by atoms with E-state index in [1.165, 1.54) is 11.0 Å². The van der Waals surface area contributed by atoms with Gasteiger partial charge in [0.05, 0.1) is 10.4 Å². The van der Waals surface area contributed by atoms with Crippen molar-refractivity contribution in [2.75, 3.05) is 19.4 Å². The second-order valence-electron chi connectivity index (χ2n) is 5.45. The summed E-state index contributed by atoms with van der Waals surface area (Å²) in [7, 11) is 3.29. The van der Waals surface area contributed by atoms with Gasteiger partial charge in [-0.05, 0) is 36.3 Å². The van der Waals surface area contributed by atoms with Gasteiger partial charge in [-0.15, -0.1) is 11.3 Å². The number of benzene rings is 1. The van der Waals surface area contributed by atoms with Crippen molar-refractivity contribution in [2.24, 2.45) is 0 Å². The first-order valence-electron chi connectivity index (χ1n) is 7.33. The lowest BCUT2D eigenvalue weighted by Crippen LogP contribution is -2.21. The van der Waals surface area contributed by atoms with Crippen LogP contribution in [0.4, 0.5) is 5.00 Å². The highest BCUT2D eigenvalue weighted by Gasteiger charge is 2.21. The largest absolute Gasteiger partial charge is 0.344 e. The maximum atomic E-state index is 12.2. The van der Waals surface area contributed by atoms with Crippen LogP contribution in [0.25, 0.3) is 6.08 Å². The molecule has 128 valence electrons. The number of nitrogens with one attached hydrogen (secondary N) is 1. The molecule has 1 heterocycles. The van der Waals surface area contributed by atoms with Gasteiger partial charge in [0.2, 0.25) is 5.91 Å². The van der Waals surface area contributed by atoms with E-state index in [9.17, 15) is 14.9 Å². The van der Waals surface area contributed by atoms with Gasteiger partial charge in [-0.3, -0.25) is 9.59 Å². The number of anilines is 1. The summed E-state index contributed by atoms with van der Waals surface area (Å²) < 4.78 is 0.958. The zero-order valence-electron chi connectivity index (χ0n) is 14.0. The van der Waals surface area contributed by atoms with Crippen LogP contribution in [0.5, 0.6) is 0 Å². The van der Waals surface area contributed by atoms with Crippen molar-refractivity contribution in [3.8, 4) is 6.07 Å². The van der Waals surface area contributed by atoms with Gasteiger partial charge >= 0.3 is 0 Å². The summed E-state index contributed by atoms with van der Waals surface area (Å²) in [5.74, 6) is -0.547. The number of carbonyl (C=O) groups is 2. The number of thiophene rings is 1. The van der Waals surface area contributed by atoms with Gasteiger partial charge in [0.1, 0.15) is 11.1 Å². The number of carbonyl (C=O) groups excluding carboxylic acids is 2. The lowest BCUT2D eigenvalue weighted by Gasteiger charge is -2.08. The molecule has 2 amide bonds. The third-order valence-corrected chi connectivity index (χ3v) is 5.12. The van der Waals surface area contributed by atoms with Crippen LogP contribution in [0, 0.1) is 18.3 Å². The first-order chi connectivity index (χ1) is 11.8. The van der Waals surface area contributed by atoms with Crippen LogP contribution in [0.1, 0.15) is 26.4 Å². The van der Waals surface area contributed by atoms with Crippen molar-refractivity contribution in [2.45, 2.75) is 6.92 Å². The van der Waals surface area contributed by atoms with Gasteiger partial charge in [0.15, 0.2) is 0 Å². The molecule has 0 aliphatic rings. The van der Waals surface area contributed by atoms with Crippen LogP contribution in [-0.2, 0) is 4.79 Å². The molecule has 0 radical (unpaired) electrons. The molecule has 0 saturated heterocycles. The third kappa shape index (κ3) is 4.56. The van der Waals surface area contributed by atoms with E-state index in [1.807, 2.05) is 24.3 Å². The van der Waals surface area contributed by atoms with Crippen molar-refractivity contribution in [3.63, 3.8) is 0 Å². The summed E-state index contributed by atoms with van der Waals surface area (Å²) in [5, 5.41) is 12.4. The number of nitrogens with zero attached hydrogens (tertiary/aromatic N) is 2. The lowest BCUT2D eigenvalue weighted by atomic mass is 10.1. The van der Waals surface area contributed by atoms with E-state index in [0.29, 0.717) is 21.0 Å². The molecule has 0 spiro atoms. The van der Waals surface area contributed by atoms with Gasteiger partial charge < -0.3 is 10.2 Å². The minimum atomic E-state index is -0.357. The van der Waals surface area contributed by atoms with E-state index in [0.717, 1.165) is 21.4 Å². The Kier molecular flexibility index (Phi) is 6.12. The molecule has 0 bridgehead atoms. The number of hydrogen-bond donors (Lipinski definition) is 1. The fourth-order valence-corrected chi connectivity index (χ4v) is 3.49. The molecule has 5 nitrogen and oxygen atoms in total. The fraction of sp³-hybridized carbons (Fsp3) is 0.167. The number of hydrogen-bond acceptors (Lipinski definition) is 4. The summed E-state index contributed by atoms with van der Waals surface area (Å²) >= 11 is 4.47. The number of halogens is 1. The summed E-state index contributed by atoms with van der Waals surface area (Å²) in [5.41, 5.74) is 1.78. The normalized spacial score (nSPS) is 10.5. The first-order valence-corrected chi connectivity index (χ1v) is 8.94. The Labute approximate surface area is 158 Å². The van der Waals surface area contributed by atoms with Crippen molar-refractivity contribution in [3.05, 3.63) is 56.4 Å². The van der Waals surface area contributed by atoms with Gasteiger partial charge in [0.25, 0.3) is 5.91 Å². The maximum Gasteiger partial charge on any atom is 0.263 e. The minimum Gasteiger partial charge on any atom is -0.344 e. The van der Waals surface area contributed by atoms with Crippen LogP contribution in [0.3, 0.4) is 0 Å². The van der Waals surface area contributed by atoms with Gasteiger partial charge in [-0.2, -0.15) is 5.26 Å². The molecule has 0 saturated carbocycles. The number of amides is 2. The maximum absolute atomic E-state index is 12.2. The lowest BCUT2D eigenvalue weighted by molar-refractivity contribution is -0.111. The highest BCUT2D eigenvalue weighted by molar-refractivity contribution is 9.10. The molecular weight excluding hydrogens is 402 g/mol. The van der Waals surface area contributed by atoms with E-state index in [1.54, 1.807) is 27.1 Å². The van der Waals surface area contributed by atoms with Crippen molar-refractivity contribution in [1.29, 1.82) is 5.26 Å². The summed E-state index contributed by atoms with van der Waals surface area (Å²) in [6, 6.07) is 9.57. The summed E-state index contributed by atoms with van der Waals surface area (Å²) in [4.78, 5) is 26.2. The topological polar surface area (TPSA) is 73.2 Å². The zero-order chi connectivity index (χ0) is 18.6. The van der Waals surface area contributed by atoms with Crippen molar-refractivity contribution in [1.82, 2.24) is 4.90 Å². The van der Waals surface area contributed by atoms with Crippen LogP contribution < -0.4 is 5.32 Å². The second kappa shape index (κ2) is 8.10. The minimum absolute atomic E-state index is 0.190. The Morgan fingerprint density at radius 3 is 2.48 bits per heavy atom. The van der Waals surface area contributed by atoms with Gasteiger partial charge in [0, 0.05) is 24.6 Å². The number of rotatable bonds is 4. The molecule has 0 fully saturated rings. The van der Waals surface area contributed by atoms with E-state index in [-0.39, 0.29) is 11.8 Å². The zero-order valence-corrected chi connectivity index (χ0v) is 16.4. The molecule has 2 aromatic rings. The molecule has 1 aromatic heterocycles. The van der Waals surface area contributed by atoms with Gasteiger partial charge in [-0.1, -0.05) is 28.1 Å². The standard InChI is InChI=1S/C18H16BrN3O2S/c1-11-14(10-20)17(25-16(11)18(24)22(2)3)21-15(23)9-6-12-4-7-13(19)8-5-12/h4-9H,1-3H3,(H,21,23)/b9-6-. The van der Waals surface area contributed by atoms with Crippen LogP contribution in [0.15, 0.2) is 34.8 Å².